The Morgan fingerprint density at radius 1 is 1.28 bits per heavy atom. The first kappa shape index (κ1) is 13.1. The highest BCUT2D eigenvalue weighted by atomic mass is 15.0. The quantitative estimate of drug-likeness (QED) is 0.859. The lowest BCUT2D eigenvalue weighted by Gasteiger charge is -2.33. The van der Waals surface area contributed by atoms with Crippen LogP contribution in [0, 0.1) is 5.41 Å². The number of nitrogens with one attached hydrogen (secondary N) is 1. The average molecular weight is 248 g/mol. The summed E-state index contributed by atoms with van der Waals surface area (Å²) in [6.45, 7) is 5.39. The molecular weight excluding hydrogens is 224 g/mol. The molecule has 1 aliphatic rings. The van der Waals surface area contributed by atoms with Crippen LogP contribution in [0.1, 0.15) is 51.8 Å². The first-order valence-corrected chi connectivity index (χ1v) is 6.99. The molecule has 2 rings (SSSR count). The molecule has 0 radical (unpaired) electrons. The Hall–Kier alpha value is -1.32. The molecule has 0 aliphatic heterocycles. The highest BCUT2D eigenvalue weighted by molar-refractivity contribution is 5.44. The molecule has 4 heteroatoms. The van der Waals surface area contributed by atoms with E-state index in [1.165, 1.54) is 32.1 Å². The van der Waals surface area contributed by atoms with E-state index in [0.717, 1.165) is 24.6 Å². The summed E-state index contributed by atoms with van der Waals surface area (Å²) < 4.78 is 0. The van der Waals surface area contributed by atoms with Gasteiger partial charge in [0.15, 0.2) is 0 Å². The lowest BCUT2D eigenvalue weighted by Crippen LogP contribution is -2.29. The van der Waals surface area contributed by atoms with Crippen LogP contribution in [0.25, 0.3) is 0 Å². The summed E-state index contributed by atoms with van der Waals surface area (Å²) in [5.74, 6) is 2.23. The highest BCUT2D eigenvalue weighted by Crippen LogP contribution is 2.35. The minimum absolute atomic E-state index is 0.407. The molecule has 0 amide bonds. The number of hydrogen-bond donors (Lipinski definition) is 2. The van der Waals surface area contributed by atoms with Crippen molar-refractivity contribution in [3.8, 4) is 0 Å². The molecule has 1 aromatic heterocycles. The first-order chi connectivity index (χ1) is 8.61. The van der Waals surface area contributed by atoms with Crippen molar-refractivity contribution in [2.45, 2.75) is 52.4 Å². The number of nitrogens with two attached hydrogens (primary N) is 1. The van der Waals surface area contributed by atoms with Crippen LogP contribution in [-0.4, -0.2) is 16.5 Å². The van der Waals surface area contributed by atoms with Gasteiger partial charge in [-0.25, -0.2) is 9.97 Å². The van der Waals surface area contributed by atoms with Crippen LogP contribution in [0.15, 0.2) is 6.07 Å². The summed E-state index contributed by atoms with van der Waals surface area (Å²) in [6.07, 6.45) is 7.52. The van der Waals surface area contributed by atoms with Crippen molar-refractivity contribution in [2.75, 3.05) is 17.6 Å². The minimum Gasteiger partial charge on any atom is -0.384 e. The van der Waals surface area contributed by atoms with E-state index in [9.17, 15) is 0 Å². The van der Waals surface area contributed by atoms with Gasteiger partial charge in [0.25, 0.3) is 0 Å². The largest absolute Gasteiger partial charge is 0.384 e. The van der Waals surface area contributed by atoms with Gasteiger partial charge < -0.3 is 11.1 Å². The molecule has 0 spiro atoms. The van der Waals surface area contributed by atoms with E-state index < -0.39 is 0 Å². The van der Waals surface area contributed by atoms with Gasteiger partial charge in [0.1, 0.15) is 17.5 Å². The molecule has 100 valence electrons. The molecule has 4 nitrogen and oxygen atoms in total. The van der Waals surface area contributed by atoms with E-state index in [-0.39, 0.29) is 0 Å². The van der Waals surface area contributed by atoms with Crippen molar-refractivity contribution in [1.29, 1.82) is 0 Å². The molecule has 0 atom stereocenters. The van der Waals surface area contributed by atoms with Crippen molar-refractivity contribution in [2.24, 2.45) is 5.41 Å². The summed E-state index contributed by atoms with van der Waals surface area (Å²) in [7, 11) is 0. The Bertz CT molecular complexity index is 397. The SMILES string of the molecule is CCc1nc(N)cc(NCC2(C)CCCCC2)n1. The number of rotatable bonds is 4. The summed E-state index contributed by atoms with van der Waals surface area (Å²) in [4.78, 5) is 8.66. The Morgan fingerprint density at radius 3 is 2.67 bits per heavy atom. The monoisotopic (exact) mass is 248 g/mol. The number of nitrogens with zero attached hydrogens (tertiary/aromatic N) is 2. The third-order valence-electron chi connectivity index (χ3n) is 3.87. The third kappa shape index (κ3) is 3.34. The van der Waals surface area contributed by atoms with Gasteiger partial charge in [0.2, 0.25) is 0 Å². The fourth-order valence-corrected chi connectivity index (χ4v) is 2.65. The van der Waals surface area contributed by atoms with Crippen molar-refractivity contribution in [3.05, 3.63) is 11.9 Å². The summed E-state index contributed by atoms with van der Waals surface area (Å²) >= 11 is 0. The molecule has 0 bridgehead atoms. The standard InChI is InChI=1S/C14H24N4/c1-3-12-17-11(15)9-13(18-12)16-10-14(2)7-5-4-6-8-14/h9H,3-8,10H2,1-2H3,(H3,15,16,17,18). The van der Waals surface area contributed by atoms with E-state index in [1.54, 1.807) is 0 Å². The van der Waals surface area contributed by atoms with Crippen LogP contribution in [0.2, 0.25) is 0 Å². The van der Waals surface area contributed by atoms with Gasteiger partial charge in [-0.15, -0.1) is 0 Å². The maximum Gasteiger partial charge on any atom is 0.132 e. The molecule has 0 saturated heterocycles. The molecule has 1 aromatic rings. The molecule has 1 saturated carbocycles. The molecule has 3 N–H and O–H groups in total. The number of nitrogen functional groups attached to an aromatic ring is 1. The summed E-state index contributed by atoms with van der Waals surface area (Å²) in [5, 5.41) is 3.44. The Morgan fingerprint density at radius 2 is 2.00 bits per heavy atom. The Balaban J connectivity index is 1.98. The van der Waals surface area contributed by atoms with Crippen LogP contribution in [0.4, 0.5) is 11.6 Å². The fraction of sp³-hybridized carbons (Fsp3) is 0.714. The maximum atomic E-state index is 5.79. The maximum absolute atomic E-state index is 5.79. The second kappa shape index (κ2) is 5.55. The van der Waals surface area contributed by atoms with Crippen LogP contribution >= 0.6 is 0 Å². The average Bonchev–Trinajstić information content (AvgIpc) is 2.37. The normalized spacial score (nSPS) is 18.6. The van der Waals surface area contributed by atoms with Gasteiger partial charge in [-0.1, -0.05) is 33.1 Å². The molecule has 1 aliphatic carbocycles. The van der Waals surface area contributed by atoms with Gasteiger partial charge in [0, 0.05) is 19.0 Å². The second-order valence-corrected chi connectivity index (χ2v) is 5.67. The van der Waals surface area contributed by atoms with Crippen molar-refractivity contribution in [1.82, 2.24) is 9.97 Å². The molecule has 18 heavy (non-hydrogen) atoms. The summed E-state index contributed by atoms with van der Waals surface area (Å²) in [5.41, 5.74) is 6.19. The summed E-state index contributed by atoms with van der Waals surface area (Å²) in [6, 6.07) is 1.82. The van der Waals surface area contributed by atoms with E-state index >= 15 is 0 Å². The van der Waals surface area contributed by atoms with Gasteiger partial charge in [-0.05, 0) is 18.3 Å². The molecule has 1 fully saturated rings. The lowest BCUT2D eigenvalue weighted by atomic mass is 9.76. The fourth-order valence-electron chi connectivity index (χ4n) is 2.65. The van der Waals surface area contributed by atoms with Gasteiger partial charge in [-0.2, -0.15) is 0 Å². The van der Waals surface area contributed by atoms with E-state index in [4.69, 9.17) is 5.73 Å². The number of aromatic nitrogens is 2. The van der Waals surface area contributed by atoms with Crippen molar-refractivity contribution >= 4 is 11.6 Å². The molecule has 1 heterocycles. The Kier molecular flexibility index (Phi) is 4.04. The zero-order valence-electron chi connectivity index (χ0n) is 11.5. The molecular formula is C14H24N4. The topological polar surface area (TPSA) is 63.8 Å². The van der Waals surface area contributed by atoms with Crippen molar-refractivity contribution in [3.63, 3.8) is 0 Å². The van der Waals surface area contributed by atoms with E-state index in [1.807, 2.05) is 13.0 Å². The predicted octanol–water partition coefficient (Wildman–Crippen LogP) is 3.00. The van der Waals surface area contributed by atoms with Crippen LogP contribution in [0.3, 0.4) is 0 Å². The van der Waals surface area contributed by atoms with Crippen molar-refractivity contribution < 1.29 is 0 Å². The van der Waals surface area contributed by atoms with E-state index in [2.05, 4.69) is 22.2 Å². The number of hydrogen-bond acceptors (Lipinski definition) is 4. The minimum atomic E-state index is 0.407. The smallest absolute Gasteiger partial charge is 0.132 e. The number of aryl methyl sites for hydroxylation is 1. The molecule has 0 aromatic carbocycles. The van der Waals surface area contributed by atoms with E-state index in [0.29, 0.717) is 11.2 Å². The molecule has 0 unspecified atom stereocenters. The zero-order chi connectivity index (χ0) is 13.0. The Labute approximate surface area is 109 Å². The first-order valence-electron chi connectivity index (χ1n) is 6.99. The zero-order valence-corrected chi connectivity index (χ0v) is 11.5. The predicted molar refractivity (Wildman–Crippen MR) is 75.5 cm³/mol. The van der Waals surface area contributed by atoms with Crippen LogP contribution in [0.5, 0.6) is 0 Å². The lowest BCUT2D eigenvalue weighted by molar-refractivity contribution is 0.233. The highest BCUT2D eigenvalue weighted by Gasteiger charge is 2.26. The van der Waals surface area contributed by atoms with Gasteiger partial charge in [0.05, 0.1) is 0 Å². The second-order valence-electron chi connectivity index (χ2n) is 5.67. The van der Waals surface area contributed by atoms with Gasteiger partial charge in [-0.3, -0.25) is 0 Å². The van der Waals surface area contributed by atoms with Crippen LogP contribution < -0.4 is 11.1 Å². The van der Waals surface area contributed by atoms with Crippen LogP contribution in [-0.2, 0) is 6.42 Å². The number of anilines is 2. The third-order valence-corrected chi connectivity index (χ3v) is 3.87. The van der Waals surface area contributed by atoms with Gasteiger partial charge >= 0.3 is 0 Å².